The summed E-state index contributed by atoms with van der Waals surface area (Å²) in [6.07, 6.45) is 2.01. The molecule has 168 valence electrons. The third-order valence-electron chi connectivity index (χ3n) is 5.64. The van der Waals surface area contributed by atoms with E-state index in [2.05, 4.69) is 5.32 Å². The molecule has 0 bridgehead atoms. The predicted octanol–water partition coefficient (Wildman–Crippen LogP) is 4.07. The standard InChI is InChI=1S/C27H26N2O4/c30-25(28-24(21-10-5-2-6-11-21)18-20-8-3-1-4-9-20)19-33-27(32)22-13-15-23(16-14-22)29-17-7-12-26(29)31/h1-6,8-11,13-16,24H,7,12,17-19H2,(H,28,30). The molecule has 6 heteroatoms. The molecule has 3 aromatic rings. The van der Waals surface area contributed by atoms with Crippen molar-refractivity contribution in [2.45, 2.75) is 25.3 Å². The van der Waals surface area contributed by atoms with Crippen LogP contribution in [0.3, 0.4) is 0 Å². The molecule has 0 aromatic heterocycles. The van der Waals surface area contributed by atoms with Gasteiger partial charge >= 0.3 is 5.97 Å². The summed E-state index contributed by atoms with van der Waals surface area (Å²) < 4.78 is 5.23. The lowest BCUT2D eigenvalue weighted by atomic mass is 9.99. The fraction of sp³-hybridized carbons (Fsp3) is 0.222. The van der Waals surface area contributed by atoms with Gasteiger partial charge in [-0.1, -0.05) is 60.7 Å². The summed E-state index contributed by atoms with van der Waals surface area (Å²) in [6, 6.07) is 26.1. The molecule has 4 rings (SSSR count). The fourth-order valence-corrected chi connectivity index (χ4v) is 3.94. The zero-order chi connectivity index (χ0) is 23.0. The molecule has 33 heavy (non-hydrogen) atoms. The Morgan fingerprint density at radius 3 is 2.21 bits per heavy atom. The van der Waals surface area contributed by atoms with Crippen molar-refractivity contribution in [3.8, 4) is 0 Å². The maximum atomic E-state index is 12.6. The maximum absolute atomic E-state index is 12.6. The third-order valence-corrected chi connectivity index (χ3v) is 5.64. The number of rotatable bonds is 8. The van der Waals surface area contributed by atoms with Gasteiger partial charge in [-0.25, -0.2) is 4.79 Å². The van der Waals surface area contributed by atoms with Crippen molar-refractivity contribution in [1.29, 1.82) is 0 Å². The largest absolute Gasteiger partial charge is 0.452 e. The number of carbonyl (C=O) groups excluding carboxylic acids is 3. The molecule has 1 aliphatic heterocycles. The van der Waals surface area contributed by atoms with Crippen molar-refractivity contribution >= 4 is 23.5 Å². The lowest BCUT2D eigenvalue weighted by Crippen LogP contribution is -2.33. The molecule has 1 unspecified atom stereocenters. The SMILES string of the molecule is O=C(COC(=O)c1ccc(N2CCCC2=O)cc1)NC(Cc1ccccc1)c1ccccc1. The van der Waals surface area contributed by atoms with E-state index >= 15 is 0 Å². The van der Waals surface area contributed by atoms with E-state index in [1.165, 1.54) is 0 Å². The van der Waals surface area contributed by atoms with Crippen molar-refractivity contribution in [1.82, 2.24) is 5.32 Å². The molecule has 0 radical (unpaired) electrons. The summed E-state index contributed by atoms with van der Waals surface area (Å²) >= 11 is 0. The van der Waals surface area contributed by atoms with Crippen molar-refractivity contribution in [3.63, 3.8) is 0 Å². The van der Waals surface area contributed by atoms with Gasteiger partial charge in [-0.05, 0) is 48.2 Å². The van der Waals surface area contributed by atoms with E-state index in [9.17, 15) is 14.4 Å². The molecular weight excluding hydrogens is 416 g/mol. The smallest absolute Gasteiger partial charge is 0.338 e. The Balaban J connectivity index is 1.34. The van der Waals surface area contributed by atoms with Crippen LogP contribution in [0.4, 0.5) is 5.69 Å². The summed E-state index contributed by atoms with van der Waals surface area (Å²) in [6.45, 7) is 0.317. The second-order valence-electron chi connectivity index (χ2n) is 7.99. The zero-order valence-electron chi connectivity index (χ0n) is 18.3. The Labute approximate surface area is 193 Å². The first-order valence-electron chi connectivity index (χ1n) is 11.1. The van der Waals surface area contributed by atoms with Gasteiger partial charge in [-0.3, -0.25) is 9.59 Å². The van der Waals surface area contributed by atoms with Crippen LogP contribution in [0.25, 0.3) is 0 Å². The highest BCUT2D eigenvalue weighted by Gasteiger charge is 2.22. The summed E-state index contributed by atoms with van der Waals surface area (Å²) in [7, 11) is 0. The van der Waals surface area contributed by atoms with E-state index in [-0.39, 0.29) is 24.5 Å². The van der Waals surface area contributed by atoms with Gasteiger partial charge in [0, 0.05) is 18.7 Å². The van der Waals surface area contributed by atoms with Crippen LogP contribution in [0.1, 0.15) is 40.4 Å². The highest BCUT2D eigenvalue weighted by molar-refractivity contribution is 5.96. The van der Waals surface area contributed by atoms with E-state index in [0.717, 1.165) is 23.2 Å². The second kappa shape index (κ2) is 10.6. The summed E-state index contributed by atoms with van der Waals surface area (Å²) in [5.74, 6) is -0.860. The minimum absolute atomic E-state index is 0.0884. The minimum Gasteiger partial charge on any atom is -0.452 e. The number of benzene rings is 3. The van der Waals surface area contributed by atoms with Crippen molar-refractivity contribution < 1.29 is 19.1 Å². The highest BCUT2D eigenvalue weighted by Crippen LogP contribution is 2.22. The van der Waals surface area contributed by atoms with Gasteiger partial charge in [0.25, 0.3) is 5.91 Å². The lowest BCUT2D eigenvalue weighted by molar-refractivity contribution is -0.125. The third kappa shape index (κ3) is 5.86. The van der Waals surface area contributed by atoms with E-state index in [1.54, 1.807) is 29.2 Å². The van der Waals surface area contributed by atoms with Crippen LogP contribution >= 0.6 is 0 Å². The van der Waals surface area contributed by atoms with Gasteiger partial charge in [-0.2, -0.15) is 0 Å². The Morgan fingerprint density at radius 2 is 1.58 bits per heavy atom. The van der Waals surface area contributed by atoms with Crippen molar-refractivity contribution in [2.75, 3.05) is 18.1 Å². The number of amides is 2. The first-order chi connectivity index (χ1) is 16.1. The molecule has 0 aliphatic carbocycles. The molecule has 0 spiro atoms. The molecule has 1 heterocycles. The van der Waals surface area contributed by atoms with Crippen LogP contribution < -0.4 is 10.2 Å². The van der Waals surface area contributed by atoms with Crippen LogP contribution in [0.15, 0.2) is 84.9 Å². The van der Waals surface area contributed by atoms with Gasteiger partial charge in [0.05, 0.1) is 11.6 Å². The molecule has 1 aliphatic rings. The van der Waals surface area contributed by atoms with E-state index in [1.807, 2.05) is 60.7 Å². The fourth-order valence-electron chi connectivity index (χ4n) is 3.94. The molecule has 1 saturated heterocycles. The molecule has 2 amide bonds. The van der Waals surface area contributed by atoms with Crippen molar-refractivity contribution in [2.24, 2.45) is 0 Å². The topological polar surface area (TPSA) is 75.7 Å². The number of carbonyl (C=O) groups is 3. The zero-order valence-corrected chi connectivity index (χ0v) is 18.3. The van der Waals surface area contributed by atoms with E-state index in [0.29, 0.717) is 24.9 Å². The van der Waals surface area contributed by atoms with Gasteiger partial charge in [0.15, 0.2) is 6.61 Å². The Hall–Kier alpha value is -3.93. The lowest BCUT2D eigenvalue weighted by Gasteiger charge is -2.19. The minimum atomic E-state index is -0.580. The van der Waals surface area contributed by atoms with Gasteiger partial charge in [0.1, 0.15) is 0 Å². The average molecular weight is 443 g/mol. The summed E-state index contributed by atoms with van der Waals surface area (Å²) in [5.41, 5.74) is 3.17. The van der Waals surface area contributed by atoms with Crippen LogP contribution in [0, 0.1) is 0 Å². The number of esters is 1. The van der Waals surface area contributed by atoms with Crippen molar-refractivity contribution in [3.05, 3.63) is 102 Å². The predicted molar refractivity (Wildman–Crippen MR) is 126 cm³/mol. The Bertz CT molecular complexity index is 1100. The number of hydrogen-bond acceptors (Lipinski definition) is 4. The second-order valence-corrected chi connectivity index (χ2v) is 7.99. The Kier molecular flexibility index (Phi) is 7.15. The van der Waals surface area contributed by atoms with E-state index < -0.39 is 5.97 Å². The monoisotopic (exact) mass is 442 g/mol. The normalized spacial score (nSPS) is 14.1. The molecule has 1 N–H and O–H groups in total. The van der Waals surface area contributed by atoms with Gasteiger partial charge in [-0.15, -0.1) is 0 Å². The molecule has 6 nitrogen and oxygen atoms in total. The number of ether oxygens (including phenoxy) is 1. The maximum Gasteiger partial charge on any atom is 0.338 e. The van der Waals surface area contributed by atoms with Crippen LogP contribution in [0.2, 0.25) is 0 Å². The van der Waals surface area contributed by atoms with E-state index in [4.69, 9.17) is 4.74 Å². The number of hydrogen-bond donors (Lipinski definition) is 1. The molecule has 1 atom stereocenters. The first-order valence-corrected chi connectivity index (χ1v) is 11.1. The number of nitrogens with one attached hydrogen (secondary N) is 1. The van der Waals surface area contributed by atoms with Crippen LogP contribution in [-0.2, 0) is 20.7 Å². The number of nitrogens with zero attached hydrogens (tertiary/aromatic N) is 1. The molecule has 3 aromatic carbocycles. The van der Waals surface area contributed by atoms with Gasteiger partial charge in [0.2, 0.25) is 5.91 Å². The molecule has 0 saturated carbocycles. The Morgan fingerprint density at radius 1 is 0.909 bits per heavy atom. The molecular formula is C27H26N2O4. The van der Waals surface area contributed by atoms with Crippen LogP contribution in [-0.4, -0.2) is 30.9 Å². The highest BCUT2D eigenvalue weighted by atomic mass is 16.5. The number of anilines is 1. The van der Waals surface area contributed by atoms with Gasteiger partial charge < -0.3 is 15.0 Å². The summed E-state index contributed by atoms with van der Waals surface area (Å²) in [5, 5.41) is 2.98. The average Bonchev–Trinajstić information content (AvgIpc) is 3.29. The quantitative estimate of drug-likeness (QED) is 0.534. The molecule has 1 fully saturated rings. The van der Waals surface area contributed by atoms with Crippen LogP contribution in [0.5, 0.6) is 0 Å². The summed E-state index contributed by atoms with van der Waals surface area (Å²) in [4.78, 5) is 38.6. The first kappa shape index (κ1) is 22.3.